The minimum Gasteiger partial charge on any atom is -0.338 e. The van der Waals surface area contributed by atoms with Crippen LogP contribution in [-0.2, 0) is 0 Å². The number of carbonyl (C=O) groups is 2. The van der Waals surface area contributed by atoms with Crippen LogP contribution in [0.5, 0.6) is 0 Å². The monoisotopic (exact) mass is 504 g/mol. The van der Waals surface area contributed by atoms with E-state index in [9.17, 15) is 9.59 Å². The predicted octanol–water partition coefficient (Wildman–Crippen LogP) is 7.51. The number of nitrogens with one attached hydrogen (secondary N) is 4. The zero-order chi connectivity index (χ0) is 26.1. The lowest BCUT2D eigenvalue weighted by atomic mass is 9.90. The lowest BCUT2D eigenvalue weighted by molar-refractivity contribution is 0.213. The van der Waals surface area contributed by atoms with E-state index in [-0.39, 0.29) is 24.1 Å². The summed E-state index contributed by atoms with van der Waals surface area (Å²) in [4.78, 5) is 24.8. The number of allylic oxidation sites excluding steroid dienone is 2. The van der Waals surface area contributed by atoms with Crippen LogP contribution >= 0.6 is 0 Å². The van der Waals surface area contributed by atoms with Crippen molar-refractivity contribution < 1.29 is 9.59 Å². The van der Waals surface area contributed by atoms with Crippen LogP contribution in [0.3, 0.4) is 0 Å². The van der Waals surface area contributed by atoms with Gasteiger partial charge in [-0.15, -0.1) is 13.2 Å². The Morgan fingerprint density at radius 1 is 0.556 bits per heavy atom. The van der Waals surface area contributed by atoms with Gasteiger partial charge in [0.05, 0.1) is 12.1 Å². The Labute approximate surface area is 221 Å². The Bertz CT molecular complexity index is 531. The first-order valence-electron chi connectivity index (χ1n) is 15.0. The van der Waals surface area contributed by atoms with E-state index in [2.05, 4.69) is 34.4 Å². The fraction of sp³-hybridized carbons (Fsp3) is 0.800. The Morgan fingerprint density at radius 3 is 1.25 bits per heavy atom. The maximum Gasteiger partial charge on any atom is 0.315 e. The fourth-order valence-electron chi connectivity index (χ4n) is 4.91. The standard InChI is InChI=1S/C30H56N4O2/c1-3-5-7-9-11-13-15-17-21-25-31-29(35)33-27-23-19-20-24-28(27)34-30(36)32-26-22-18-16-14-12-10-8-6-4-2/h3-4,27-28H,1-2,5-26H2,(H2,31,33,35)(H2,32,34,36)/t27-,28-/m0/s1. The molecule has 36 heavy (non-hydrogen) atoms. The minimum atomic E-state index is -0.108. The first-order valence-corrected chi connectivity index (χ1v) is 15.0. The van der Waals surface area contributed by atoms with Crippen molar-refractivity contribution in [2.45, 2.75) is 141 Å². The van der Waals surface area contributed by atoms with Gasteiger partial charge in [0.1, 0.15) is 0 Å². The lowest BCUT2D eigenvalue weighted by Crippen LogP contribution is -2.56. The van der Waals surface area contributed by atoms with Crippen LogP contribution in [0.1, 0.15) is 128 Å². The molecule has 1 rings (SSSR count). The van der Waals surface area contributed by atoms with Crippen molar-refractivity contribution in [3.8, 4) is 0 Å². The molecular weight excluding hydrogens is 448 g/mol. The average Bonchev–Trinajstić information content (AvgIpc) is 2.87. The van der Waals surface area contributed by atoms with E-state index in [0.717, 1.165) is 64.2 Å². The van der Waals surface area contributed by atoms with E-state index in [1.54, 1.807) is 0 Å². The van der Waals surface area contributed by atoms with Crippen molar-refractivity contribution in [1.82, 2.24) is 21.3 Å². The average molecular weight is 505 g/mol. The normalized spacial score (nSPS) is 17.2. The number of amides is 4. The molecule has 0 saturated heterocycles. The molecule has 0 unspecified atom stereocenters. The summed E-state index contributed by atoms with van der Waals surface area (Å²) in [5.41, 5.74) is 0. The largest absolute Gasteiger partial charge is 0.338 e. The van der Waals surface area contributed by atoms with Crippen molar-refractivity contribution in [1.29, 1.82) is 0 Å². The second-order valence-corrected chi connectivity index (χ2v) is 10.4. The summed E-state index contributed by atoms with van der Waals surface area (Å²) < 4.78 is 0. The molecule has 6 heteroatoms. The van der Waals surface area contributed by atoms with E-state index in [4.69, 9.17) is 0 Å². The molecule has 0 heterocycles. The highest BCUT2D eigenvalue weighted by molar-refractivity contribution is 5.75. The Balaban J connectivity index is 2.08. The number of unbranched alkanes of at least 4 members (excludes halogenated alkanes) is 14. The molecule has 0 spiro atoms. The molecule has 1 fully saturated rings. The Hall–Kier alpha value is -1.98. The molecule has 208 valence electrons. The maximum absolute atomic E-state index is 12.4. The van der Waals surface area contributed by atoms with Crippen LogP contribution in [0.2, 0.25) is 0 Å². The predicted molar refractivity (Wildman–Crippen MR) is 153 cm³/mol. The van der Waals surface area contributed by atoms with Crippen molar-refractivity contribution in [3.63, 3.8) is 0 Å². The molecule has 1 saturated carbocycles. The van der Waals surface area contributed by atoms with E-state index in [0.29, 0.717) is 13.1 Å². The van der Waals surface area contributed by atoms with Crippen LogP contribution < -0.4 is 21.3 Å². The third-order valence-corrected chi connectivity index (χ3v) is 7.14. The number of carbonyl (C=O) groups excluding carboxylic acids is 2. The van der Waals surface area contributed by atoms with Gasteiger partial charge >= 0.3 is 12.1 Å². The van der Waals surface area contributed by atoms with Crippen LogP contribution in [0, 0.1) is 0 Å². The lowest BCUT2D eigenvalue weighted by Gasteiger charge is -2.32. The summed E-state index contributed by atoms with van der Waals surface area (Å²) >= 11 is 0. The number of rotatable bonds is 22. The van der Waals surface area contributed by atoms with Gasteiger partial charge < -0.3 is 21.3 Å². The quantitative estimate of drug-likeness (QED) is 0.0908. The minimum absolute atomic E-state index is 0.00107. The van der Waals surface area contributed by atoms with E-state index in [1.165, 1.54) is 64.2 Å². The number of urea groups is 2. The maximum atomic E-state index is 12.4. The first-order chi connectivity index (χ1) is 17.7. The van der Waals surface area contributed by atoms with Crippen molar-refractivity contribution in [2.75, 3.05) is 13.1 Å². The van der Waals surface area contributed by atoms with Gasteiger partial charge in [0.25, 0.3) is 0 Å². The zero-order valence-corrected chi connectivity index (χ0v) is 23.1. The third-order valence-electron chi connectivity index (χ3n) is 7.14. The van der Waals surface area contributed by atoms with Crippen LogP contribution in [0.25, 0.3) is 0 Å². The molecule has 0 aliphatic heterocycles. The van der Waals surface area contributed by atoms with Crippen LogP contribution in [0.15, 0.2) is 25.3 Å². The molecule has 6 nitrogen and oxygen atoms in total. The molecule has 0 aromatic rings. The SMILES string of the molecule is C=CCCCCCCCCCNC(=O)N[C@H]1CCCC[C@@H]1NC(=O)NCCCCCCCCCC=C. The summed E-state index contributed by atoms with van der Waals surface area (Å²) in [5, 5.41) is 12.2. The molecule has 1 aliphatic rings. The Kier molecular flexibility index (Phi) is 20.9. The fourth-order valence-corrected chi connectivity index (χ4v) is 4.91. The van der Waals surface area contributed by atoms with Gasteiger partial charge in [-0.05, 0) is 51.4 Å². The number of hydrogen-bond acceptors (Lipinski definition) is 2. The van der Waals surface area contributed by atoms with E-state index in [1.807, 2.05) is 12.2 Å². The molecule has 0 aromatic carbocycles. The van der Waals surface area contributed by atoms with Gasteiger partial charge in [0.2, 0.25) is 0 Å². The zero-order valence-electron chi connectivity index (χ0n) is 23.1. The van der Waals surface area contributed by atoms with Crippen molar-refractivity contribution >= 4 is 12.1 Å². The molecule has 4 amide bonds. The molecule has 0 bridgehead atoms. The molecule has 2 atom stereocenters. The summed E-state index contributed by atoms with van der Waals surface area (Å²) in [7, 11) is 0. The van der Waals surface area contributed by atoms with Crippen LogP contribution in [-0.4, -0.2) is 37.2 Å². The van der Waals surface area contributed by atoms with Gasteiger partial charge in [0.15, 0.2) is 0 Å². The number of hydrogen-bond donors (Lipinski definition) is 4. The molecule has 0 radical (unpaired) electrons. The van der Waals surface area contributed by atoms with E-state index < -0.39 is 0 Å². The van der Waals surface area contributed by atoms with Crippen LogP contribution in [0.4, 0.5) is 9.59 Å². The highest BCUT2D eigenvalue weighted by Crippen LogP contribution is 2.18. The van der Waals surface area contributed by atoms with Gasteiger partial charge in [-0.1, -0.05) is 89.2 Å². The second-order valence-electron chi connectivity index (χ2n) is 10.4. The first kappa shape index (κ1) is 32.0. The van der Waals surface area contributed by atoms with Crippen molar-refractivity contribution in [2.24, 2.45) is 0 Å². The summed E-state index contributed by atoms with van der Waals surface area (Å²) in [6.07, 6.45) is 27.3. The molecular formula is C30H56N4O2. The highest BCUT2D eigenvalue weighted by Gasteiger charge is 2.27. The van der Waals surface area contributed by atoms with Crippen molar-refractivity contribution in [3.05, 3.63) is 25.3 Å². The molecule has 4 N–H and O–H groups in total. The summed E-state index contributed by atoms with van der Waals surface area (Å²) in [6, 6.07) is -0.214. The van der Waals surface area contributed by atoms with E-state index >= 15 is 0 Å². The highest BCUT2D eigenvalue weighted by atomic mass is 16.2. The van der Waals surface area contributed by atoms with Gasteiger partial charge in [0, 0.05) is 13.1 Å². The van der Waals surface area contributed by atoms with Gasteiger partial charge in [-0.3, -0.25) is 0 Å². The van der Waals surface area contributed by atoms with Gasteiger partial charge in [-0.2, -0.15) is 0 Å². The molecule has 0 aromatic heterocycles. The smallest absolute Gasteiger partial charge is 0.315 e. The third kappa shape index (κ3) is 18.3. The summed E-state index contributed by atoms with van der Waals surface area (Å²) in [5.74, 6) is 0. The Morgan fingerprint density at radius 2 is 0.889 bits per heavy atom. The molecule has 1 aliphatic carbocycles. The topological polar surface area (TPSA) is 82.3 Å². The summed E-state index contributed by atoms with van der Waals surface area (Å²) in [6.45, 7) is 8.95. The van der Waals surface area contributed by atoms with Gasteiger partial charge in [-0.25, -0.2) is 9.59 Å². The second kappa shape index (κ2) is 23.4.